The third kappa shape index (κ3) is 2.20. The first kappa shape index (κ1) is 14.2. The summed E-state index contributed by atoms with van der Waals surface area (Å²) in [6, 6.07) is 3.68. The molecule has 0 aliphatic heterocycles. The van der Waals surface area contributed by atoms with Crippen LogP contribution in [0.1, 0.15) is 25.3 Å². The summed E-state index contributed by atoms with van der Waals surface area (Å²) in [6.45, 7) is 3.94. The Balaban J connectivity index is 2.45. The van der Waals surface area contributed by atoms with E-state index in [2.05, 4.69) is 15.9 Å². The van der Waals surface area contributed by atoms with E-state index in [1.165, 1.54) is 0 Å². The van der Waals surface area contributed by atoms with Gasteiger partial charge in [0.25, 0.3) is 0 Å². The summed E-state index contributed by atoms with van der Waals surface area (Å²) < 4.78 is 11.4. The van der Waals surface area contributed by atoms with Gasteiger partial charge in [-0.3, -0.25) is 4.79 Å². The third-order valence-electron chi connectivity index (χ3n) is 3.93. The van der Waals surface area contributed by atoms with E-state index in [9.17, 15) is 9.90 Å². The van der Waals surface area contributed by atoms with E-state index in [1.807, 2.05) is 26.0 Å². The highest BCUT2D eigenvalue weighted by molar-refractivity contribution is 9.10. The van der Waals surface area contributed by atoms with Gasteiger partial charge in [0.1, 0.15) is 0 Å². The number of hydrogen-bond donors (Lipinski definition) is 1. The van der Waals surface area contributed by atoms with Crippen molar-refractivity contribution in [3.8, 4) is 11.5 Å². The molecule has 2 atom stereocenters. The number of halogens is 1. The lowest BCUT2D eigenvalue weighted by Gasteiger charge is -2.12. The molecular weight excluding hydrogens is 312 g/mol. The predicted octanol–water partition coefficient (Wildman–Crippen LogP) is 3.29. The number of aliphatic carboxylic acids is 1. The van der Waals surface area contributed by atoms with Gasteiger partial charge in [0.2, 0.25) is 0 Å². The first-order valence-corrected chi connectivity index (χ1v) is 6.78. The lowest BCUT2D eigenvalue weighted by Crippen LogP contribution is -2.03. The number of carboxylic acids is 1. The number of carboxylic acid groups (broad SMARTS) is 1. The molecule has 0 heterocycles. The molecular formula is C14H17BrO4. The Labute approximate surface area is 120 Å². The van der Waals surface area contributed by atoms with Crippen molar-refractivity contribution in [2.24, 2.45) is 11.3 Å². The molecule has 1 aromatic carbocycles. The van der Waals surface area contributed by atoms with Gasteiger partial charge >= 0.3 is 5.97 Å². The van der Waals surface area contributed by atoms with E-state index in [0.717, 1.165) is 10.0 Å². The van der Waals surface area contributed by atoms with Crippen molar-refractivity contribution in [1.29, 1.82) is 0 Å². The quantitative estimate of drug-likeness (QED) is 0.921. The number of benzene rings is 1. The van der Waals surface area contributed by atoms with Crippen molar-refractivity contribution in [2.45, 2.75) is 19.8 Å². The zero-order chi connectivity index (χ0) is 14.4. The first-order chi connectivity index (χ1) is 8.84. The summed E-state index contributed by atoms with van der Waals surface area (Å²) in [6.07, 6.45) is 0. The Morgan fingerprint density at radius 1 is 1.26 bits per heavy atom. The van der Waals surface area contributed by atoms with Crippen LogP contribution in [0.25, 0.3) is 0 Å². The minimum atomic E-state index is -0.753. The second kappa shape index (κ2) is 4.71. The molecule has 19 heavy (non-hydrogen) atoms. The molecule has 0 saturated heterocycles. The first-order valence-electron chi connectivity index (χ1n) is 5.98. The third-order valence-corrected chi connectivity index (χ3v) is 4.62. The number of methoxy groups -OCH3 is 2. The van der Waals surface area contributed by atoms with Crippen LogP contribution in [0.3, 0.4) is 0 Å². The maximum Gasteiger partial charge on any atom is 0.307 e. The maximum absolute atomic E-state index is 11.3. The fourth-order valence-electron chi connectivity index (χ4n) is 2.79. The van der Waals surface area contributed by atoms with Gasteiger partial charge in [0.15, 0.2) is 11.5 Å². The smallest absolute Gasteiger partial charge is 0.307 e. The van der Waals surface area contributed by atoms with E-state index in [4.69, 9.17) is 9.47 Å². The molecule has 104 valence electrons. The molecule has 1 aliphatic rings. The average molecular weight is 329 g/mol. The second-order valence-corrected chi connectivity index (χ2v) is 6.20. The van der Waals surface area contributed by atoms with Gasteiger partial charge in [-0.1, -0.05) is 29.8 Å². The zero-order valence-electron chi connectivity index (χ0n) is 11.4. The van der Waals surface area contributed by atoms with Crippen LogP contribution in [0.4, 0.5) is 0 Å². The standard InChI is InChI=1S/C14H17BrO4/c1-14(2)11(12(14)13(16)17)7-5-9(18-3)10(19-4)6-8(7)15/h5-6,11-12H,1-4H3,(H,16,17). The van der Waals surface area contributed by atoms with Crippen LogP contribution >= 0.6 is 15.9 Å². The van der Waals surface area contributed by atoms with Crippen LogP contribution in [-0.4, -0.2) is 25.3 Å². The lowest BCUT2D eigenvalue weighted by molar-refractivity contribution is -0.139. The Morgan fingerprint density at radius 2 is 1.79 bits per heavy atom. The molecule has 4 nitrogen and oxygen atoms in total. The van der Waals surface area contributed by atoms with Gasteiger partial charge in [-0.25, -0.2) is 0 Å². The van der Waals surface area contributed by atoms with E-state index >= 15 is 0 Å². The summed E-state index contributed by atoms with van der Waals surface area (Å²) in [4.78, 5) is 11.3. The van der Waals surface area contributed by atoms with Crippen LogP contribution in [0, 0.1) is 11.3 Å². The number of hydrogen-bond acceptors (Lipinski definition) is 3. The van der Waals surface area contributed by atoms with E-state index in [1.54, 1.807) is 14.2 Å². The van der Waals surface area contributed by atoms with Crippen molar-refractivity contribution in [3.63, 3.8) is 0 Å². The summed E-state index contributed by atoms with van der Waals surface area (Å²) in [5, 5.41) is 9.27. The second-order valence-electron chi connectivity index (χ2n) is 5.34. The molecule has 1 fully saturated rings. The van der Waals surface area contributed by atoms with Crippen molar-refractivity contribution in [2.75, 3.05) is 14.2 Å². The molecule has 0 amide bonds. The van der Waals surface area contributed by atoms with Crippen LogP contribution in [0.5, 0.6) is 11.5 Å². The molecule has 1 saturated carbocycles. The van der Waals surface area contributed by atoms with Gasteiger partial charge in [-0.2, -0.15) is 0 Å². The summed E-state index contributed by atoms with van der Waals surface area (Å²) in [5.74, 6) is 0.119. The molecule has 2 rings (SSSR count). The van der Waals surface area contributed by atoms with E-state index in [0.29, 0.717) is 11.5 Å². The van der Waals surface area contributed by atoms with Gasteiger partial charge in [-0.05, 0) is 23.1 Å². The molecule has 1 N–H and O–H groups in total. The molecule has 0 aromatic heterocycles. The molecule has 0 spiro atoms. The van der Waals surface area contributed by atoms with Crippen LogP contribution in [-0.2, 0) is 4.79 Å². The Morgan fingerprint density at radius 3 is 2.21 bits per heavy atom. The van der Waals surface area contributed by atoms with Crippen molar-refractivity contribution >= 4 is 21.9 Å². The molecule has 0 bridgehead atoms. The molecule has 5 heteroatoms. The molecule has 2 unspecified atom stereocenters. The number of carbonyl (C=O) groups is 1. The fraction of sp³-hybridized carbons (Fsp3) is 0.500. The Hall–Kier alpha value is -1.23. The lowest BCUT2D eigenvalue weighted by atomic mass is 10.0. The van der Waals surface area contributed by atoms with Crippen molar-refractivity contribution in [1.82, 2.24) is 0 Å². The highest BCUT2D eigenvalue weighted by atomic mass is 79.9. The average Bonchev–Trinajstić information content (AvgIpc) is 2.91. The van der Waals surface area contributed by atoms with E-state index in [-0.39, 0.29) is 17.3 Å². The highest BCUT2D eigenvalue weighted by Crippen LogP contribution is 2.66. The Bertz CT molecular complexity index is 524. The molecule has 0 radical (unpaired) electrons. The monoisotopic (exact) mass is 328 g/mol. The van der Waals surface area contributed by atoms with Gasteiger partial charge < -0.3 is 14.6 Å². The highest BCUT2D eigenvalue weighted by Gasteiger charge is 2.63. The zero-order valence-corrected chi connectivity index (χ0v) is 12.9. The van der Waals surface area contributed by atoms with Gasteiger partial charge in [-0.15, -0.1) is 0 Å². The fourth-order valence-corrected chi connectivity index (χ4v) is 3.36. The minimum absolute atomic E-state index is 0.0146. The van der Waals surface area contributed by atoms with Crippen LogP contribution in [0.15, 0.2) is 16.6 Å². The number of rotatable bonds is 4. The number of ether oxygens (including phenoxy) is 2. The van der Waals surface area contributed by atoms with Crippen molar-refractivity contribution < 1.29 is 19.4 Å². The van der Waals surface area contributed by atoms with E-state index < -0.39 is 5.97 Å². The summed E-state index contributed by atoms with van der Waals surface area (Å²) in [5.41, 5.74) is 0.712. The largest absolute Gasteiger partial charge is 0.493 e. The predicted molar refractivity (Wildman–Crippen MR) is 74.9 cm³/mol. The Kier molecular flexibility index (Phi) is 3.51. The van der Waals surface area contributed by atoms with Gasteiger partial charge in [0.05, 0.1) is 20.1 Å². The SMILES string of the molecule is COc1cc(Br)c(C2C(C(=O)O)C2(C)C)cc1OC. The maximum atomic E-state index is 11.3. The molecule has 1 aliphatic carbocycles. The van der Waals surface area contributed by atoms with Crippen LogP contribution in [0.2, 0.25) is 0 Å². The normalized spacial score (nSPS) is 23.8. The topological polar surface area (TPSA) is 55.8 Å². The van der Waals surface area contributed by atoms with Crippen LogP contribution < -0.4 is 9.47 Å². The summed E-state index contributed by atoms with van der Waals surface area (Å²) >= 11 is 3.49. The van der Waals surface area contributed by atoms with Gasteiger partial charge in [0, 0.05) is 10.4 Å². The minimum Gasteiger partial charge on any atom is -0.493 e. The molecule has 1 aromatic rings. The summed E-state index contributed by atoms with van der Waals surface area (Å²) in [7, 11) is 3.15. The van der Waals surface area contributed by atoms with Crippen molar-refractivity contribution in [3.05, 3.63) is 22.2 Å².